The van der Waals surface area contributed by atoms with Gasteiger partial charge in [-0.1, -0.05) is 0 Å². The molecule has 0 spiro atoms. The van der Waals surface area contributed by atoms with Gasteiger partial charge in [-0.05, 0) is 52.0 Å². The molecular formula is C16H24N2O3. The summed E-state index contributed by atoms with van der Waals surface area (Å²) in [5.41, 5.74) is 5.49. The molecule has 0 aromatic heterocycles. The van der Waals surface area contributed by atoms with Gasteiger partial charge >= 0.3 is 6.09 Å². The van der Waals surface area contributed by atoms with E-state index in [1.807, 2.05) is 39.8 Å². The number of hydrogen-bond donors (Lipinski definition) is 1. The molecule has 1 aromatic carbocycles. The average Bonchev–Trinajstić information content (AvgIpc) is 2.73. The summed E-state index contributed by atoms with van der Waals surface area (Å²) in [6.45, 7) is 8.77. The van der Waals surface area contributed by atoms with E-state index < -0.39 is 11.2 Å². The second-order valence-electron chi connectivity index (χ2n) is 6.77. The van der Waals surface area contributed by atoms with E-state index in [-0.39, 0.29) is 6.09 Å². The van der Waals surface area contributed by atoms with Crippen LogP contribution in [-0.4, -0.2) is 35.3 Å². The third kappa shape index (κ3) is 4.28. The average molecular weight is 292 g/mol. The fourth-order valence-corrected chi connectivity index (χ4v) is 2.32. The number of hydrogen-bond acceptors (Lipinski definition) is 4. The Morgan fingerprint density at radius 3 is 2.48 bits per heavy atom. The number of carbonyl (C=O) groups excluding carboxylic acids is 1. The monoisotopic (exact) mass is 292 g/mol. The van der Waals surface area contributed by atoms with Gasteiger partial charge < -0.3 is 20.1 Å². The predicted molar refractivity (Wildman–Crippen MR) is 82.3 cm³/mol. The van der Waals surface area contributed by atoms with Crippen LogP contribution < -0.4 is 10.5 Å². The van der Waals surface area contributed by atoms with E-state index in [0.717, 1.165) is 12.2 Å². The lowest BCUT2D eigenvalue weighted by molar-refractivity contribution is 0.0229. The van der Waals surface area contributed by atoms with Gasteiger partial charge in [0.15, 0.2) is 0 Å². The zero-order valence-corrected chi connectivity index (χ0v) is 13.2. The van der Waals surface area contributed by atoms with Crippen LogP contribution in [0, 0.1) is 0 Å². The molecule has 0 saturated carbocycles. The molecule has 0 bridgehead atoms. The van der Waals surface area contributed by atoms with Crippen molar-refractivity contribution in [2.75, 3.05) is 18.8 Å². The van der Waals surface area contributed by atoms with Gasteiger partial charge in [0.1, 0.15) is 17.0 Å². The molecule has 1 heterocycles. The van der Waals surface area contributed by atoms with E-state index >= 15 is 0 Å². The van der Waals surface area contributed by atoms with Gasteiger partial charge in [0.25, 0.3) is 0 Å². The summed E-state index contributed by atoms with van der Waals surface area (Å²) >= 11 is 0. The van der Waals surface area contributed by atoms with Crippen LogP contribution in [0.3, 0.4) is 0 Å². The van der Waals surface area contributed by atoms with Gasteiger partial charge in [-0.3, -0.25) is 0 Å². The standard InChI is InChI=1S/C16H24N2O3/c1-15(2,3)21-14(19)18-10-9-16(4,11-18)20-13-7-5-12(17)6-8-13/h5-8H,9-11,17H2,1-4H3. The number of likely N-dealkylation sites (tertiary alicyclic amines) is 1. The van der Waals surface area contributed by atoms with Crippen molar-refractivity contribution in [1.82, 2.24) is 4.90 Å². The Morgan fingerprint density at radius 1 is 1.29 bits per heavy atom. The summed E-state index contributed by atoms with van der Waals surface area (Å²) in [7, 11) is 0. The minimum atomic E-state index is -0.478. The largest absolute Gasteiger partial charge is 0.486 e. The summed E-state index contributed by atoms with van der Waals surface area (Å²) in [6, 6.07) is 7.30. The highest BCUT2D eigenvalue weighted by Crippen LogP contribution is 2.29. The summed E-state index contributed by atoms with van der Waals surface area (Å²) in [4.78, 5) is 13.8. The van der Waals surface area contributed by atoms with Gasteiger partial charge in [0, 0.05) is 18.7 Å². The van der Waals surface area contributed by atoms with Crippen LogP contribution in [0.1, 0.15) is 34.1 Å². The lowest BCUT2D eigenvalue weighted by atomic mass is 10.1. The summed E-state index contributed by atoms with van der Waals surface area (Å²) in [6.07, 6.45) is 0.489. The topological polar surface area (TPSA) is 64.8 Å². The highest BCUT2D eigenvalue weighted by atomic mass is 16.6. The van der Waals surface area contributed by atoms with E-state index in [1.165, 1.54) is 0 Å². The fraction of sp³-hybridized carbons (Fsp3) is 0.562. The van der Waals surface area contributed by atoms with Crippen LogP contribution in [0.2, 0.25) is 0 Å². The first-order valence-electron chi connectivity index (χ1n) is 7.19. The first-order chi connectivity index (χ1) is 9.67. The molecule has 2 N–H and O–H groups in total. The number of ether oxygens (including phenoxy) is 2. The zero-order chi connectivity index (χ0) is 15.7. The zero-order valence-electron chi connectivity index (χ0n) is 13.2. The summed E-state index contributed by atoms with van der Waals surface area (Å²) in [5.74, 6) is 0.762. The molecule has 1 aromatic rings. The molecule has 1 unspecified atom stereocenters. The van der Waals surface area contributed by atoms with Gasteiger partial charge in [-0.2, -0.15) is 0 Å². The molecule has 5 heteroatoms. The van der Waals surface area contributed by atoms with Crippen molar-refractivity contribution in [2.45, 2.75) is 45.3 Å². The van der Waals surface area contributed by atoms with E-state index in [9.17, 15) is 4.79 Å². The number of nitrogens with zero attached hydrogens (tertiary/aromatic N) is 1. The second kappa shape index (κ2) is 5.47. The normalized spacial score (nSPS) is 22.2. The maximum absolute atomic E-state index is 12.1. The first-order valence-corrected chi connectivity index (χ1v) is 7.19. The van der Waals surface area contributed by atoms with Gasteiger partial charge in [0.2, 0.25) is 0 Å². The number of nitrogens with two attached hydrogens (primary N) is 1. The van der Waals surface area contributed by atoms with Crippen LogP contribution in [0.15, 0.2) is 24.3 Å². The number of benzene rings is 1. The van der Waals surface area contributed by atoms with Gasteiger partial charge in [-0.15, -0.1) is 0 Å². The van der Waals surface area contributed by atoms with Crippen LogP contribution in [0.25, 0.3) is 0 Å². The van der Waals surface area contributed by atoms with Crippen molar-refractivity contribution in [3.05, 3.63) is 24.3 Å². The van der Waals surface area contributed by atoms with Crippen LogP contribution >= 0.6 is 0 Å². The Bertz CT molecular complexity index is 507. The quantitative estimate of drug-likeness (QED) is 0.851. The lowest BCUT2D eigenvalue weighted by Gasteiger charge is -2.28. The van der Waals surface area contributed by atoms with E-state index in [1.54, 1.807) is 17.0 Å². The number of amides is 1. The second-order valence-corrected chi connectivity index (χ2v) is 6.77. The molecule has 116 valence electrons. The van der Waals surface area contributed by atoms with Crippen LogP contribution in [0.4, 0.5) is 10.5 Å². The van der Waals surface area contributed by atoms with Crippen molar-refractivity contribution in [2.24, 2.45) is 0 Å². The minimum Gasteiger partial charge on any atom is -0.486 e. The number of anilines is 1. The summed E-state index contributed by atoms with van der Waals surface area (Å²) in [5, 5.41) is 0. The Hall–Kier alpha value is -1.91. The molecule has 1 amide bonds. The minimum absolute atomic E-state index is 0.285. The molecule has 1 saturated heterocycles. The molecule has 2 rings (SSSR count). The maximum Gasteiger partial charge on any atom is 0.410 e. The van der Waals surface area contributed by atoms with Crippen molar-refractivity contribution < 1.29 is 14.3 Å². The Balaban J connectivity index is 1.96. The molecule has 0 radical (unpaired) electrons. The Kier molecular flexibility index (Phi) is 4.03. The molecule has 21 heavy (non-hydrogen) atoms. The van der Waals surface area contributed by atoms with Crippen LogP contribution in [-0.2, 0) is 4.74 Å². The number of carbonyl (C=O) groups is 1. The van der Waals surface area contributed by atoms with Crippen molar-refractivity contribution in [3.63, 3.8) is 0 Å². The van der Waals surface area contributed by atoms with Crippen molar-refractivity contribution in [1.29, 1.82) is 0 Å². The number of rotatable bonds is 2. The highest BCUT2D eigenvalue weighted by Gasteiger charge is 2.39. The smallest absolute Gasteiger partial charge is 0.410 e. The molecule has 0 aliphatic carbocycles. The molecular weight excluding hydrogens is 268 g/mol. The fourth-order valence-electron chi connectivity index (χ4n) is 2.32. The third-order valence-electron chi connectivity index (χ3n) is 3.33. The van der Waals surface area contributed by atoms with E-state index in [2.05, 4.69) is 0 Å². The predicted octanol–water partition coefficient (Wildman–Crippen LogP) is 3.05. The van der Waals surface area contributed by atoms with Crippen molar-refractivity contribution >= 4 is 11.8 Å². The van der Waals surface area contributed by atoms with Crippen LogP contribution in [0.5, 0.6) is 5.75 Å². The van der Waals surface area contributed by atoms with E-state index in [4.69, 9.17) is 15.2 Å². The SMILES string of the molecule is CC(C)(C)OC(=O)N1CCC(C)(Oc2ccc(N)cc2)C1. The first kappa shape index (κ1) is 15.5. The van der Waals surface area contributed by atoms with Gasteiger partial charge in [0.05, 0.1) is 6.54 Å². The molecule has 1 fully saturated rings. The lowest BCUT2D eigenvalue weighted by Crippen LogP contribution is -2.40. The van der Waals surface area contributed by atoms with Crippen molar-refractivity contribution in [3.8, 4) is 5.75 Å². The Labute approximate surface area is 126 Å². The maximum atomic E-state index is 12.1. The highest BCUT2D eigenvalue weighted by molar-refractivity contribution is 5.68. The molecule has 1 aliphatic rings. The molecule has 5 nitrogen and oxygen atoms in total. The Morgan fingerprint density at radius 2 is 1.90 bits per heavy atom. The van der Waals surface area contributed by atoms with Gasteiger partial charge in [-0.25, -0.2) is 4.79 Å². The number of nitrogen functional groups attached to an aromatic ring is 1. The molecule has 1 aliphatic heterocycles. The molecule has 1 atom stereocenters. The van der Waals surface area contributed by atoms with E-state index in [0.29, 0.717) is 18.8 Å². The third-order valence-corrected chi connectivity index (χ3v) is 3.33. The summed E-state index contributed by atoms with van der Waals surface area (Å²) < 4.78 is 11.4.